The van der Waals surface area contributed by atoms with Gasteiger partial charge in [0.05, 0.1) is 12.3 Å². The molecule has 0 saturated carbocycles. The monoisotopic (exact) mass is 436 g/mol. The number of phenols is 1. The van der Waals surface area contributed by atoms with Crippen LogP contribution in [0.15, 0.2) is 74.5 Å². The molecule has 0 aliphatic heterocycles. The van der Waals surface area contributed by atoms with Crippen LogP contribution in [-0.4, -0.2) is 22.9 Å². The van der Waals surface area contributed by atoms with Crippen LogP contribution in [0.1, 0.15) is 12.5 Å². The Morgan fingerprint density at radius 2 is 1.93 bits per heavy atom. The molecule has 0 radical (unpaired) electrons. The second-order valence-electron chi connectivity index (χ2n) is 6.09. The van der Waals surface area contributed by atoms with Crippen LogP contribution in [0.3, 0.4) is 0 Å². The lowest BCUT2D eigenvalue weighted by atomic mass is 10.2. The average Bonchev–Trinajstić information content (AvgIpc) is 3.13. The first-order valence-corrected chi connectivity index (χ1v) is 9.58. The number of aromatic nitrogens is 1. The minimum Gasteiger partial charge on any atom is -0.507 e. The van der Waals surface area contributed by atoms with Crippen LogP contribution in [0.25, 0.3) is 22.6 Å². The standard InChI is InChI=1S/C22H17BrN2O3/c1-2-27-18-7-3-14(4-8-18)22-25-19-12-17(6-10-21(19)28-22)24-13-15-11-16(23)5-9-20(15)26/h3-13,26H,2H2,1H3. The molecule has 1 heterocycles. The number of halogens is 1. The summed E-state index contributed by atoms with van der Waals surface area (Å²) in [6.07, 6.45) is 1.62. The first-order valence-electron chi connectivity index (χ1n) is 8.79. The molecule has 1 aromatic heterocycles. The van der Waals surface area contributed by atoms with Gasteiger partial charge in [-0.3, -0.25) is 4.99 Å². The zero-order valence-electron chi connectivity index (χ0n) is 15.1. The van der Waals surface area contributed by atoms with E-state index in [1.165, 1.54) is 0 Å². The van der Waals surface area contributed by atoms with Gasteiger partial charge in [-0.25, -0.2) is 4.98 Å². The van der Waals surface area contributed by atoms with Gasteiger partial charge in [0.15, 0.2) is 5.58 Å². The molecule has 1 N–H and O–H groups in total. The topological polar surface area (TPSA) is 67.9 Å². The van der Waals surface area contributed by atoms with E-state index in [9.17, 15) is 5.11 Å². The molecular formula is C22H17BrN2O3. The van der Waals surface area contributed by atoms with Crippen molar-refractivity contribution < 1.29 is 14.3 Å². The Hall–Kier alpha value is -3.12. The Kier molecular flexibility index (Phi) is 5.12. The van der Waals surface area contributed by atoms with Crippen LogP contribution in [0.2, 0.25) is 0 Å². The van der Waals surface area contributed by atoms with Crippen LogP contribution in [0.5, 0.6) is 11.5 Å². The van der Waals surface area contributed by atoms with E-state index >= 15 is 0 Å². The number of ether oxygens (including phenoxy) is 1. The van der Waals surface area contributed by atoms with Crippen molar-refractivity contribution in [2.75, 3.05) is 6.61 Å². The molecule has 0 fully saturated rings. The molecule has 4 rings (SSSR count). The van der Waals surface area contributed by atoms with Crippen LogP contribution in [0, 0.1) is 0 Å². The molecule has 0 bridgehead atoms. The average molecular weight is 437 g/mol. The van der Waals surface area contributed by atoms with Crippen LogP contribution in [0.4, 0.5) is 5.69 Å². The maximum Gasteiger partial charge on any atom is 0.227 e. The quantitative estimate of drug-likeness (QED) is 0.383. The lowest BCUT2D eigenvalue weighted by Crippen LogP contribution is -1.90. The summed E-state index contributed by atoms with van der Waals surface area (Å²) < 4.78 is 12.2. The molecule has 0 atom stereocenters. The second-order valence-corrected chi connectivity index (χ2v) is 7.01. The highest BCUT2D eigenvalue weighted by Gasteiger charge is 2.09. The first kappa shape index (κ1) is 18.3. The van der Waals surface area contributed by atoms with Crippen molar-refractivity contribution in [2.45, 2.75) is 6.92 Å². The summed E-state index contributed by atoms with van der Waals surface area (Å²) in [5.41, 5.74) is 3.64. The Labute approximate surface area is 170 Å². The van der Waals surface area contributed by atoms with Crippen LogP contribution >= 0.6 is 15.9 Å². The van der Waals surface area contributed by atoms with E-state index in [1.807, 2.05) is 49.4 Å². The normalized spacial score (nSPS) is 11.4. The highest BCUT2D eigenvalue weighted by atomic mass is 79.9. The summed E-state index contributed by atoms with van der Waals surface area (Å²) in [6, 6.07) is 18.4. The van der Waals surface area contributed by atoms with Gasteiger partial charge >= 0.3 is 0 Å². The third-order valence-corrected chi connectivity index (χ3v) is 4.62. The van der Waals surface area contributed by atoms with Crippen molar-refractivity contribution >= 4 is 38.9 Å². The summed E-state index contributed by atoms with van der Waals surface area (Å²) in [7, 11) is 0. The van der Waals surface area contributed by atoms with Gasteiger partial charge in [-0.15, -0.1) is 0 Å². The van der Waals surface area contributed by atoms with Crippen molar-refractivity contribution in [3.8, 4) is 23.0 Å². The maximum atomic E-state index is 9.92. The molecular weight excluding hydrogens is 420 g/mol. The van der Waals surface area contributed by atoms with Gasteiger partial charge in [-0.1, -0.05) is 15.9 Å². The summed E-state index contributed by atoms with van der Waals surface area (Å²) in [5.74, 6) is 1.53. The number of oxazole rings is 1. The summed E-state index contributed by atoms with van der Waals surface area (Å²) in [5, 5.41) is 9.92. The predicted octanol–water partition coefficient (Wildman–Crippen LogP) is 6.11. The van der Waals surface area contributed by atoms with E-state index in [-0.39, 0.29) is 5.75 Å². The third-order valence-electron chi connectivity index (χ3n) is 4.13. The van der Waals surface area contributed by atoms with Crippen molar-refractivity contribution in [3.63, 3.8) is 0 Å². The van der Waals surface area contributed by atoms with Crippen LogP contribution in [-0.2, 0) is 0 Å². The van der Waals surface area contributed by atoms with Gasteiger partial charge in [0.2, 0.25) is 5.89 Å². The maximum absolute atomic E-state index is 9.92. The van der Waals surface area contributed by atoms with E-state index < -0.39 is 0 Å². The molecule has 0 aliphatic carbocycles. The number of benzene rings is 3. The second kappa shape index (κ2) is 7.86. The number of nitrogens with zero attached hydrogens (tertiary/aromatic N) is 2. The van der Waals surface area contributed by atoms with Crippen molar-refractivity contribution in [1.29, 1.82) is 0 Å². The molecule has 0 unspecified atom stereocenters. The highest BCUT2D eigenvalue weighted by molar-refractivity contribution is 9.10. The molecule has 0 amide bonds. The fraction of sp³-hybridized carbons (Fsp3) is 0.0909. The van der Waals surface area contributed by atoms with Gasteiger partial charge in [0, 0.05) is 21.8 Å². The molecule has 3 aromatic carbocycles. The van der Waals surface area contributed by atoms with E-state index in [2.05, 4.69) is 25.9 Å². The molecule has 0 saturated heterocycles. The van der Waals surface area contributed by atoms with Gasteiger partial charge in [0.1, 0.15) is 17.0 Å². The number of hydrogen-bond acceptors (Lipinski definition) is 5. The molecule has 0 aliphatic rings. The minimum atomic E-state index is 0.173. The number of phenolic OH excluding ortho intramolecular Hbond substituents is 1. The van der Waals surface area contributed by atoms with Gasteiger partial charge < -0.3 is 14.3 Å². The molecule has 6 heteroatoms. The van der Waals surface area contributed by atoms with Crippen molar-refractivity contribution in [2.24, 2.45) is 4.99 Å². The smallest absolute Gasteiger partial charge is 0.227 e. The lowest BCUT2D eigenvalue weighted by Gasteiger charge is -2.02. The van der Waals surface area contributed by atoms with Gasteiger partial charge in [-0.2, -0.15) is 0 Å². The SMILES string of the molecule is CCOc1ccc(-c2nc3cc(N=Cc4cc(Br)ccc4O)ccc3o2)cc1. The zero-order valence-corrected chi connectivity index (χ0v) is 16.7. The molecule has 4 aromatic rings. The lowest BCUT2D eigenvalue weighted by molar-refractivity contribution is 0.340. The largest absolute Gasteiger partial charge is 0.507 e. The Morgan fingerprint density at radius 3 is 2.71 bits per heavy atom. The number of fused-ring (bicyclic) bond motifs is 1. The van der Waals surface area contributed by atoms with E-state index in [0.717, 1.165) is 27.0 Å². The summed E-state index contributed by atoms with van der Waals surface area (Å²) in [4.78, 5) is 9.01. The van der Waals surface area contributed by atoms with Crippen molar-refractivity contribution in [3.05, 3.63) is 70.7 Å². The number of aliphatic imine (C=N–C) groups is 1. The first-order chi connectivity index (χ1) is 13.6. The summed E-state index contributed by atoms with van der Waals surface area (Å²) in [6.45, 7) is 2.58. The third kappa shape index (κ3) is 3.92. The fourth-order valence-electron chi connectivity index (χ4n) is 2.75. The Bertz CT molecular complexity index is 1150. The van der Waals surface area contributed by atoms with E-state index in [0.29, 0.717) is 23.6 Å². The molecule has 5 nitrogen and oxygen atoms in total. The molecule has 140 valence electrons. The number of hydrogen-bond donors (Lipinski definition) is 1. The zero-order chi connectivity index (χ0) is 19.5. The van der Waals surface area contributed by atoms with E-state index in [4.69, 9.17) is 9.15 Å². The van der Waals surface area contributed by atoms with Crippen molar-refractivity contribution in [1.82, 2.24) is 4.98 Å². The number of aromatic hydroxyl groups is 1. The number of rotatable bonds is 5. The van der Waals surface area contributed by atoms with Gasteiger partial charge in [0.25, 0.3) is 0 Å². The Balaban J connectivity index is 1.61. The molecule has 28 heavy (non-hydrogen) atoms. The molecule has 0 spiro atoms. The van der Waals surface area contributed by atoms with E-state index in [1.54, 1.807) is 24.4 Å². The van der Waals surface area contributed by atoms with Gasteiger partial charge in [-0.05, 0) is 67.6 Å². The highest BCUT2D eigenvalue weighted by Crippen LogP contribution is 2.28. The summed E-state index contributed by atoms with van der Waals surface area (Å²) >= 11 is 3.39. The van der Waals surface area contributed by atoms with Crippen LogP contribution < -0.4 is 4.74 Å². The minimum absolute atomic E-state index is 0.173. The predicted molar refractivity (Wildman–Crippen MR) is 114 cm³/mol. The fourth-order valence-corrected chi connectivity index (χ4v) is 3.13. The Morgan fingerprint density at radius 1 is 1.11 bits per heavy atom.